The number of anilines is 2. The van der Waals surface area contributed by atoms with Gasteiger partial charge in [-0.3, -0.25) is 14.6 Å². The first-order valence-corrected chi connectivity index (χ1v) is 9.30. The number of nitrogens with two attached hydrogens (primary N) is 1. The molecule has 2 aromatic carbocycles. The summed E-state index contributed by atoms with van der Waals surface area (Å²) < 4.78 is 0. The fourth-order valence-electron chi connectivity index (χ4n) is 3.01. The average molecular weight is 393 g/mol. The van der Waals surface area contributed by atoms with Gasteiger partial charge in [0.1, 0.15) is 0 Å². The molecule has 3 N–H and O–H groups in total. The van der Waals surface area contributed by atoms with Crippen LogP contribution >= 0.6 is 23.2 Å². The van der Waals surface area contributed by atoms with Gasteiger partial charge in [-0.25, -0.2) is 0 Å². The Morgan fingerprint density at radius 3 is 2.19 bits per heavy atom. The van der Waals surface area contributed by atoms with Gasteiger partial charge in [0.05, 0.1) is 22.3 Å². The van der Waals surface area contributed by atoms with Crippen LogP contribution in [0.15, 0.2) is 42.5 Å². The van der Waals surface area contributed by atoms with Gasteiger partial charge in [-0.05, 0) is 17.7 Å². The first-order valence-electron chi connectivity index (χ1n) is 8.54. The van der Waals surface area contributed by atoms with Crippen LogP contribution in [-0.4, -0.2) is 48.4 Å². The molecule has 0 saturated carbocycles. The Labute approximate surface area is 163 Å². The minimum atomic E-state index is -0.0848. The van der Waals surface area contributed by atoms with Crippen LogP contribution in [0.4, 0.5) is 11.4 Å². The molecule has 1 aliphatic heterocycles. The molecule has 0 unspecified atom stereocenters. The molecule has 2 aromatic rings. The summed E-state index contributed by atoms with van der Waals surface area (Å²) in [5.74, 6) is -0.0848. The maximum atomic E-state index is 12.3. The monoisotopic (exact) mass is 392 g/mol. The van der Waals surface area contributed by atoms with E-state index >= 15 is 0 Å². The predicted molar refractivity (Wildman–Crippen MR) is 108 cm³/mol. The highest BCUT2D eigenvalue weighted by molar-refractivity contribution is 6.39. The molecular formula is C19H22Cl2N4O. The van der Waals surface area contributed by atoms with Crippen molar-refractivity contribution in [2.75, 3.05) is 43.8 Å². The number of nitrogens with zero attached hydrogens (tertiary/aromatic N) is 2. The highest BCUT2D eigenvalue weighted by atomic mass is 35.5. The van der Waals surface area contributed by atoms with Gasteiger partial charge in [-0.15, -0.1) is 0 Å². The van der Waals surface area contributed by atoms with E-state index in [1.54, 1.807) is 12.1 Å². The van der Waals surface area contributed by atoms with E-state index in [1.165, 1.54) is 5.56 Å². The molecule has 0 bridgehead atoms. The second-order valence-electron chi connectivity index (χ2n) is 6.44. The zero-order valence-corrected chi connectivity index (χ0v) is 15.9. The molecule has 1 aliphatic rings. The lowest BCUT2D eigenvalue weighted by atomic mass is 10.2. The molecule has 0 radical (unpaired) electrons. The summed E-state index contributed by atoms with van der Waals surface area (Å²) in [5, 5.41) is 3.50. The van der Waals surface area contributed by atoms with Gasteiger partial charge in [0.2, 0.25) is 5.91 Å². The van der Waals surface area contributed by atoms with Crippen molar-refractivity contribution in [3.8, 4) is 0 Å². The molecule has 1 saturated heterocycles. The Kier molecular flexibility index (Phi) is 6.38. The van der Waals surface area contributed by atoms with Gasteiger partial charge < -0.3 is 11.1 Å². The van der Waals surface area contributed by atoms with E-state index in [-0.39, 0.29) is 5.91 Å². The number of carbonyl (C=O) groups excluding carboxylic acids is 1. The van der Waals surface area contributed by atoms with E-state index in [1.807, 2.05) is 6.07 Å². The van der Waals surface area contributed by atoms with Crippen LogP contribution < -0.4 is 11.1 Å². The molecule has 26 heavy (non-hydrogen) atoms. The lowest BCUT2D eigenvalue weighted by Gasteiger charge is -2.34. The highest BCUT2D eigenvalue weighted by Gasteiger charge is 2.19. The van der Waals surface area contributed by atoms with Crippen LogP contribution in [0.5, 0.6) is 0 Å². The highest BCUT2D eigenvalue weighted by Crippen LogP contribution is 2.31. The van der Waals surface area contributed by atoms with Gasteiger partial charge in [0, 0.05) is 38.4 Å². The summed E-state index contributed by atoms with van der Waals surface area (Å²) in [6.07, 6.45) is 0. The van der Waals surface area contributed by atoms with Crippen molar-refractivity contribution in [3.05, 3.63) is 58.1 Å². The van der Waals surface area contributed by atoms with E-state index in [0.717, 1.165) is 32.7 Å². The topological polar surface area (TPSA) is 61.6 Å². The maximum Gasteiger partial charge on any atom is 0.238 e. The van der Waals surface area contributed by atoms with Crippen molar-refractivity contribution in [3.63, 3.8) is 0 Å². The van der Waals surface area contributed by atoms with Gasteiger partial charge in [0.25, 0.3) is 0 Å². The Bertz CT molecular complexity index is 738. The van der Waals surface area contributed by atoms with Gasteiger partial charge in [-0.1, -0.05) is 53.5 Å². The number of hydrogen-bond acceptors (Lipinski definition) is 4. The molecule has 0 aromatic heterocycles. The Morgan fingerprint density at radius 1 is 1.00 bits per heavy atom. The Hall–Kier alpha value is -1.79. The number of nitrogen functional groups attached to an aromatic ring is 1. The van der Waals surface area contributed by atoms with Crippen molar-refractivity contribution < 1.29 is 4.79 Å². The lowest BCUT2D eigenvalue weighted by molar-refractivity contribution is -0.117. The Morgan fingerprint density at radius 2 is 1.58 bits per heavy atom. The van der Waals surface area contributed by atoms with Crippen molar-refractivity contribution in [1.82, 2.24) is 9.80 Å². The zero-order valence-electron chi connectivity index (χ0n) is 14.4. The number of piperazine rings is 1. The molecule has 1 fully saturated rings. The van der Waals surface area contributed by atoms with E-state index in [4.69, 9.17) is 28.9 Å². The molecule has 7 heteroatoms. The van der Waals surface area contributed by atoms with E-state index in [0.29, 0.717) is 28.0 Å². The van der Waals surface area contributed by atoms with Crippen molar-refractivity contribution in [2.45, 2.75) is 6.54 Å². The molecule has 0 atom stereocenters. The van der Waals surface area contributed by atoms with Crippen molar-refractivity contribution in [1.29, 1.82) is 0 Å². The largest absolute Gasteiger partial charge is 0.396 e. The van der Waals surface area contributed by atoms with Crippen LogP contribution in [-0.2, 0) is 11.3 Å². The summed E-state index contributed by atoms with van der Waals surface area (Å²) in [6, 6.07) is 13.7. The number of hydrogen-bond donors (Lipinski definition) is 2. The molecule has 1 amide bonds. The van der Waals surface area contributed by atoms with Crippen molar-refractivity contribution in [2.24, 2.45) is 0 Å². The van der Waals surface area contributed by atoms with Crippen LogP contribution in [0.25, 0.3) is 0 Å². The third kappa shape index (κ3) is 5.11. The fourth-order valence-corrected chi connectivity index (χ4v) is 3.49. The summed E-state index contributed by atoms with van der Waals surface area (Å²) in [6.45, 7) is 4.92. The van der Waals surface area contributed by atoms with Crippen LogP contribution in [0.2, 0.25) is 10.0 Å². The van der Waals surface area contributed by atoms with Crippen LogP contribution in [0.1, 0.15) is 5.56 Å². The second kappa shape index (κ2) is 8.73. The van der Waals surface area contributed by atoms with E-state index < -0.39 is 0 Å². The molecular weight excluding hydrogens is 371 g/mol. The zero-order chi connectivity index (χ0) is 18.5. The third-order valence-electron chi connectivity index (χ3n) is 4.44. The number of rotatable bonds is 5. The van der Waals surface area contributed by atoms with E-state index in [9.17, 15) is 4.79 Å². The summed E-state index contributed by atoms with van der Waals surface area (Å²) in [7, 11) is 0. The summed E-state index contributed by atoms with van der Waals surface area (Å²) in [5.41, 5.74) is 7.90. The smallest absolute Gasteiger partial charge is 0.238 e. The summed E-state index contributed by atoms with van der Waals surface area (Å²) >= 11 is 12.0. The van der Waals surface area contributed by atoms with Crippen LogP contribution in [0, 0.1) is 0 Å². The first kappa shape index (κ1) is 19.0. The van der Waals surface area contributed by atoms with E-state index in [2.05, 4.69) is 39.4 Å². The third-order valence-corrected chi connectivity index (χ3v) is 5.07. The number of halogens is 2. The molecule has 5 nitrogen and oxygen atoms in total. The quantitative estimate of drug-likeness (QED) is 0.765. The molecule has 0 aliphatic carbocycles. The number of nitrogens with one attached hydrogen (secondary N) is 1. The SMILES string of the molecule is Nc1c(Cl)cc(NC(=O)CN2CCN(Cc3ccccc3)CC2)cc1Cl. The van der Waals surface area contributed by atoms with Gasteiger partial charge in [0.15, 0.2) is 0 Å². The number of amides is 1. The normalized spacial score (nSPS) is 15.8. The average Bonchev–Trinajstić information content (AvgIpc) is 2.62. The van der Waals surface area contributed by atoms with Gasteiger partial charge >= 0.3 is 0 Å². The maximum absolute atomic E-state index is 12.3. The minimum Gasteiger partial charge on any atom is -0.396 e. The second-order valence-corrected chi connectivity index (χ2v) is 7.25. The molecule has 1 heterocycles. The number of benzene rings is 2. The fraction of sp³-hybridized carbons (Fsp3) is 0.316. The van der Waals surface area contributed by atoms with Gasteiger partial charge in [-0.2, -0.15) is 0 Å². The molecule has 3 rings (SSSR count). The Balaban J connectivity index is 1.46. The minimum absolute atomic E-state index is 0.0848. The predicted octanol–water partition coefficient (Wildman–Crippen LogP) is 3.33. The molecule has 0 spiro atoms. The first-order chi connectivity index (χ1) is 12.5. The summed E-state index contributed by atoms with van der Waals surface area (Å²) in [4.78, 5) is 16.8. The number of carbonyl (C=O) groups is 1. The lowest BCUT2D eigenvalue weighted by Crippen LogP contribution is -2.48. The van der Waals surface area contributed by atoms with Crippen molar-refractivity contribution >= 4 is 40.5 Å². The standard InChI is InChI=1S/C19H22Cl2N4O/c20-16-10-15(11-17(21)19(16)22)23-18(26)13-25-8-6-24(7-9-25)12-14-4-2-1-3-5-14/h1-5,10-11H,6-9,12-13,22H2,(H,23,26). The molecule has 138 valence electrons. The van der Waals surface area contributed by atoms with Crippen LogP contribution in [0.3, 0.4) is 0 Å².